The average Bonchev–Trinajstić information content (AvgIpc) is 2.42. The maximum Gasteiger partial charge on any atom is 0.224 e. The number of para-hydroxylation sites is 1. The third-order valence-corrected chi connectivity index (χ3v) is 3.84. The zero-order chi connectivity index (χ0) is 14.1. The molecular weight excluding hydrogens is 320 g/mol. The molecule has 1 amide bonds. The molecule has 2 aromatic carbocycles. The Morgan fingerprint density at radius 2 is 1.95 bits per heavy atom. The van der Waals surface area contributed by atoms with Crippen LogP contribution in [-0.4, -0.2) is 5.91 Å². The summed E-state index contributed by atoms with van der Waals surface area (Å²) in [5.74, 6) is 1.34. The van der Waals surface area contributed by atoms with Gasteiger partial charge in [-0.1, -0.05) is 12.1 Å². The second-order valence-electron chi connectivity index (χ2n) is 4.63. The predicted molar refractivity (Wildman–Crippen MR) is 82.0 cm³/mol. The van der Waals surface area contributed by atoms with Gasteiger partial charge in [-0.3, -0.25) is 4.79 Å². The predicted octanol–water partition coefficient (Wildman–Crippen LogP) is 3.71. The van der Waals surface area contributed by atoms with Crippen molar-refractivity contribution >= 4 is 33.2 Å². The Morgan fingerprint density at radius 1 is 1.15 bits per heavy atom. The smallest absolute Gasteiger partial charge is 0.224 e. The number of hydrogen-bond acceptors (Lipinski definition) is 3. The van der Waals surface area contributed by atoms with E-state index in [9.17, 15) is 4.79 Å². The minimum atomic E-state index is 0.0244. The lowest BCUT2D eigenvalue weighted by Crippen LogP contribution is -2.19. The van der Waals surface area contributed by atoms with E-state index in [1.54, 1.807) is 6.07 Å². The highest BCUT2D eigenvalue weighted by Gasteiger charge is 2.17. The van der Waals surface area contributed by atoms with Gasteiger partial charge in [-0.25, -0.2) is 0 Å². The lowest BCUT2D eigenvalue weighted by molar-refractivity contribution is -0.116. The Hall–Kier alpha value is -2.01. The molecule has 0 bridgehead atoms. The fourth-order valence-corrected chi connectivity index (χ4v) is 2.52. The van der Waals surface area contributed by atoms with E-state index in [1.165, 1.54) is 0 Å². The van der Waals surface area contributed by atoms with Gasteiger partial charge in [0, 0.05) is 12.1 Å². The number of benzene rings is 2. The SMILES string of the molecule is Nc1cc2c(cc1Oc1ccccc1Br)CCC(=O)N2. The van der Waals surface area contributed by atoms with Crippen LogP contribution in [0.15, 0.2) is 40.9 Å². The summed E-state index contributed by atoms with van der Waals surface area (Å²) in [6, 6.07) is 11.2. The Bertz CT molecular complexity index is 686. The molecule has 1 aliphatic heterocycles. The standard InChI is InChI=1S/C15H13BrN2O2/c16-10-3-1-2-4-13(10)20-14-7-9-5-6-15(19)18-12(9)8-11(14)17/h1-4,7-8H,5-6,17H2,(H,18,19). The van der Waals surface area contributed by atoms with E-state index in [2.05, 4.69) is 21.2 Å². The van der Waals surface area contributed by atoms with Crippen LogP contribution in [0.3, 0.4) is 0 Å². The van der Waals surface area contributed by atoms with Crippen molar-refractivity contribution in [2.24, 2.45) is 0 Å². The van der Waals surface area contributed by atoms with Gasteiger partial charge in [-0.15, -0.1) is 0 Å². The Labute approximate surface area is 125 Å². The Morgan fingerprint density at radius 3 is 2.75 bits per heavy atom. The molecule has 0 aromatic heterocycles. The number of halogens is 1. The minimum absolute atomic E-state index is 0.0244. The lowest BCUT2D eigenvalue weighted by atomic mass is 10.0. The maximum absolute atomic E-state index is 11.4. The number of ether oxygens (including phenoxy) is 1. The molecule has 5 heteroatoms. The van der Waals surface area contributed by atoms with Crippen molar-refractivity contribution in [2.45, 2.75) is 12.8 Å². The fourth-order valence-electron chi connectivity index (χ4n) is 2.16. The molecule has 0 radical (unpaired) electrons. The molecule has 20 heavy (non-hydrogen) atoms. The number of aryl methyl sites for hydroxylation is 1. The topological polar surface area (TPSA) is 64.3 Å². The van der Waals surface area contributed by atoms with Crippen LogP contribution in [-0.2, 0) is 11.2 Å². The number of fused-ring (bicyclic) bond motifs is 1. The summed E-state index contributed by atoms with van der Waals surface area (Å²) in [6.07, 6.45) is 1.19. The van der Waals surface area contributed by atoms with Crippen LogP contribution >= 0.6 is 15.9 Å². The quantitative estimate of drug-likeness (QED) is 0.824. The highest BCUT2D eigenvalue weighted by molar-refractivity contribution is 9.10. The molecule has 0 atom stereocenters. The summed E-state index contributed by atoms with van der Waals surface area (Å²) in [6.45, 7) is 0. The molecule has 1 heterocycles. The number of nitrogens with two attached hydrogens (primary N) is 1. The molecule has 4 nitrogen and oxygen atoms in total. The van der Waals surface area contributed by atoms with E-state index < -0.39 is 0 Å². The van der Waals surface area contributed by atoms with Gasteiger partial charge in [0.25, 0.3) is 0 Å². The van der Waals surface area contributed by atoms with Gasteiger partial charge in [-0.2, -0.15) is 0 Å². The van der Waals surface area contributed by atoms with E-state index in [1.807, 2.05) is 30.3 Å². The zero-order valence-corrected chi connectivity index (χ0v) is 12.2. The number of amides is 1. The highest BCUT2D eigenvalue weighted by Crippen LogP contribution is 2.37. The molecule has 3 N–H and O–H groups in total. The van der Waals surface area contributed by atoms with Gasteiger partial charge >= 0.3 is 0 Å². The summed E-state index contributed by atoms with van der Waals surface area (Å²) >= 11 is 3.44. The molecular formula is C15H13BrN2O2. The van der Waals surface area contributed by atoms with Crippen LogP contribution in [0.1, 0.15) is 12.0 Å². The van der Waals surface area contributed by atoms with Crippen molar-refractivity contribution in [3.63, 3.8) is 0 Å². The average molecular weight is 333 g/mol. The van der Waals surface area contributed by atoms with Gasteiger partial charge in [0.1, 0.15) is 5.75 Å². The zero-order valence-electron chi connectivity index (χ0n) is 10.7. The van der Waals surface area contributed by atoms with Crippen LogP contribution in [0, 0.1) is 0 Å². The number of anilines is 2. The molecule has 1 aliphatic rings. The second-order valence-corrected chi connectivity index (χ2v) is 5.48. The first-order chi connectivity index (χ1) is 9.63. The van der Waals surface area contributed by atoms with E-state index >= 15 is 0 Å². The van der Waals surface area contributed by atoms with Gasteiger partial charge in [-0.05, 0) is 52.2 Å². The lowest BCUT2D eigenvalue weighted by Gasteiger charge is -2.19. The van der Waals surface area contributed by atoms with Crippen LogP contribution in [0.2, 0.25) is 0 Å². The molecule has 0 unspecified atom stereocenters. The number of nitrogen functional groups attached to an aromatic ring is 1. The van der Waals surface area contributed by atoms with Gasteiger partial charge in [0.05, 0.1) is 10.2 Å². The minimum Gasteiger partial charge on any atom is -0.454 e. The van der Waals surface area contributed by atoms with Crippen LogP contribution < -0.4 is 15.8 Å². The molecule has 0 aliphatic carbocycles. The summed E-state index contributed by atoms with van der Waals surface area (Å²) in [4.78, 5) is 11.4. The third-order valence-electron chi connectivity index (χ3n) is 3.19. The largest absolute Gasteiger partial charge is 0.454 e. The monoisotopic (exact) mass is 332 g/mol. The number of nitrogens with one attached hydrogen (secondary N) is 1. The maximum atomic E-state index is 11.4. The van der Waals surface area contributed by atoms with Crippen molar-refractivity contribution in [2.75, 3.05) is 11.1 Å². The molecule has 0 fully saturated rings. The Balaban J connectivity index is 1.95. The summed E-state index contributed by atoms with van der Waals surface area (Å²) in [5, 5.41) is 2.82. The third kappa shape index (κ3) is 2.49. The molecule has 3 rings (SSSR count). The van der Waals surface area contributed by atoms with E-state index in [-0.39, 0.29) is 5.91 Å². The molecule has 102 valence electrons. The first-order valence-corrected chi connectivity index (χ1v) is 7.07. The van der Waals surface area contributed by atoms with Crippen LogP contribution in [0.25, 0.3) is 0 Å². The van der Waals surface area contributed by atoms with Gasteiger partial charge < -0.3 is 15.8 Å². The number of carbonyl (C=O) groups excluding carboxylic acids is 1. The summed E-state index contributed by atoms with van der Waals surface area (Å²) in [7, 11) is 0. The normalized spacial score (nSPS) is 13.6. The highest BCUT2D eigenvalue weighted by atomic mass is 79.9. The number of hydrogen-bond donors (Lipinski definition) is 2. The summed E-state index contributed by atoms with van der Waals surface area (Å²) < 4.78 is 6.71. The van der Waals surface area contributed by atoms with Crippen molar-refractivity contribution in [1.82, 2.24) is 0 Å². The second kappa shape index (κ2) is 5.17. The van der Waals surface area contributed by atoms with E-state index in [0.717, 1.165) is 15.7 Å². The van der Waals surface area contributed by atoms with Gasteiger partial charge in [0.2, 0.25) is 5.91 Å². The van der Waals surface area contributed by atoms with E-state index in [0.29, 0.717) is 30.0 Å². The van der Waals surface area contributed by atoms with Crippen LogP contribution in [0.5, 0.6) is 11.5 Å². The number of rotatable bonds is 2. The van der Waals surface area contributed by atoms with E-state index in [4.69, 9.17) is 10.5 Å². The molecule has 0 spiro atoms. The molecule has 0 saturated carbocycles. The molecule has 2 aromatic rings. The Kier molecular flexibility index (Phi) is 3.36. The van der Waals surface area contributed by atoms with Crippen molar-refractivity contribution in [3.8, 4) is 11.5 Å². The van der Waals surface area contributed by atoms with Crippen molar-refractivity contribution < 1.29 is 9.53 Å². The van der Waals surface area contributed by atoms with Crippen molar-refractivity contribution in [1.29, 1.82) is 0 Å². The molecule has 0 saturated heterocycles. The first kappa shape index (κ1) is 13.0. The fraction of sp³-hybridized carbons (Fsp3) is 0.133. The van der Waals surface area contributed by atoms with Gasteiger partial charge in [0.15, 0.2) is 5.75 Å². The number of carbonyl (C=O) groups is 1. The van der Waals surface area contributed by atoms with Crippen LogP contribution in [0.4, 0.5) is 11.4 Å². The first-order valence-electron chi connectivity index (χ1n) is 6.28. The van der Waals surface area contributed by atoms with Crippen molar-refractivity contribution in [3.05, 3.63) is 46.4 Å². The summed E-state index contributed by atoms with van der Waals surface area (Å²) in [5.41, 5.74) is 8.32.